The van der Waals surface area contributed by atoms with Gasteiger partial charge in [0.1, 0.15) is 18.4 Å². The Balaban J connectivity index is 1.88. The average molecular weight is 452 g/mol. The Morgan fingerprint density at radius 3 is 2.68 bits per heavy atom. The number of Topliss-reactive ketones (excluding diaryl/α,β-unsaturated/α-hetero) is 1. The first-order valence-corrected chi connectivity index (χ1v) is 10.1. The fourth-order valence-electron chi connectivity index (χ4n) is 3.67. The van der Waals surface area contributed by atoms with Crippen molar-refractivity contribution in [3.8, 4) is 0 Å². The van der Waals surface area contributed by atoms with Crippen LogP contribution in [0.3, 0.4) is 0 Å². The van der Waals surface area contributed by atoms with Crippen LogP contribution in [0.5, 0.6) is 0 Å². The number of carboxylic acid groups (broad SMARTS) is 1. The molecule has 0 spiro atoms. The number of aryl methyl sites for hydroxylation is 1. The van der Waals surface area contributed by atoms with E-state index in [0.717, 1.165) is 16.6 Å². The van der Waals surface area contributed by atoms with E-state index in [9.17, 15) is 18.8 Å². The van der Waals surface area contributed by atoms with Crippen LogP contribution in [0.15, 0.2) is 29.4 Å². The molecule has 0 radical (unpaired) electrons. The van der Waals surface area contributed by atoms with Gasteiger partial charge in [-0.05, 0) is 24.3 Å². The zero-order valence-electron chi connectivity index (χ0n) is 17.3. The number of nitrogens with zero attached hydrogens (tertiary/aromatic N) is 2. The number of benzene rings is 1. The number of hydrogen-bond acceptors (Lipinski definition) is 5. The summed E-state index contributed by atoms with van der Waals surface area (Å²) in [7, 11) is 1.85. The number of carboxylic acids is 1. The average Bonchev–Trinajstić information content (AvgIpc) is 3.29. The molecule has 1 aromatic carbocycles. The number of nitrogens with one attached hydrogen (secondary N) is 1. The number of carbonyl (C=O) groups is 3. The molecule has 166 valence electrons. The number of carbonyl (C=O) groups excluding carboxylic acids is 2. The summed E-state index contributed by atoms with van der Waals surface area (Å²) in [6, 6.07) is 5.87. The fraction of sp³-hybridized carbons (Fsp3) is 0.429. The highest BCUT2D eigenvalue weighted by Gasteiger charge is 2.50. The molecule has 0 fully saturated rings. The lowest BCUT2D eigenvalue weighted by Crippen LogP contribution is -2.55. The van der Waals surface area contributed by atoms with Crippen LogP contribution < -0.4 is 5.32 Å². The van der Waals surface area contributed by atoms with E-state index < -0.39 is 42.4 Å². The van der Waals surface area contributed by atoms with Gasteiger partial charge in [0.15, 0.2) is 5.78 Å². The molecule has 1 aliphatic rings. The van der Waals surface area contributed by atoms with E-state index in [2.05, 4.69) is 10.5 Å². The summed E-state index contributed by atoms with van der Waals surface area (Å²) in [6.07, 6.45) is -0.627. The second-order valence-electron chi connectivity index (χ2n) is 7.87. The molecule has 31 heavy (non-hydrogen) atoms. The number of fused-ring (bicyclic) bond motifs is 1. The third kappa shape index (κ3) is 4.27. The Morgan fingerprint density at radius 2 is 2.06 bits per heavy atom. The standard InChI is InChI=1S/C21H23ClFN3O5/c1-11(2)21(20(30)24-14(8-19(28)29)18(27)10-23)9-15(25-31-21)17-7-12-6-13(22)4-5-16(12)26(17)3/h4-7,11,14H,8-10H2,1-3H3,(H,24,30)(H,28,29). The molecule has 2 unspecified atom stereocenters. The predicted octanol–water partition coefficient (Wildman–Crippen LogP) is 2.85. The van der Waals surface area contributed by atoms with Gasteiger partial charge in [0, 0.05) is 35.3 Å². The minimum Gasteiger partial charge on any atom is -0.481 e. The van der Waals surface area contributed by atoms with E-state index in [4.69, 9.17) is 21.5 Å². The number of aromatic nitrogens is 1. The summed E-state index contributed by atoms with van der Waals surface area (Å²) in [5.74, 6) is -3.43. The van der Waals surface area contributed by atoms with E-state index in [0.29, 0.717) is 10.7 Å². The summed E-state index contributed by atoms with van der Waals surface area (Å²) in [6.45, 7) is 2.12. The molecule has 2 atom stereocenters. The molecule has 2 heterocycles. The van der Waals surface area contributed by atoms with Gasteiger partial charge in [-0.2, -0.15) is 0 Å². The first-order valence-electron chi connectivity index (χ1n) is 9.71. The quantitative estimate of drug-likeness (QED) is 0.641. The molecule has 1 amide bonds. The molecule has 8 nitrogen and oxygen atoms in total. The van der Waals surface area contributed by atoms with Gasteiger partial charge in [-0.1, -0.05) is 30.6 Å². The first kappa shape index (κ1) is 22.7. The molecule has 3 rings (SSSR count). The number of hydrogen-bond donors (Lipinski definition) is 2. The molecule has 0 aliphatic carbocycles. The molecule has 10 heteroatoms. The second-order valence-corrected chi connectivity index (χ2v) is 8.30. The topological polar surface area (TPSA) is 110 Å². The Hall–Kier alpha value is -2.94. The van der Waals surface area contributed by atoms with Crippen LogP contribution in [0.4, 0.5) is 4.39 Å². The van der Waals surface area contributed by atoms with Crippen molar-refractivity contribution in [1.82, 2.24) is 9.88 Å². The monoisotopic (exact) mass is 451 g/mol. The van der Waals surface area contributed by atoms with Gasteiger partial charge < -0.3 is 19.8 Å². The van der Waals surface area contributed by atoms with Crippen molar-refractivity contribution in [3.63, 3.8) is 0 Å². The highest BCUT2D eigenvalue weighted by Crippen LogP contribution is 2.35. The highest BCUT2D eigenvalue weighted by atomic mass is 35.5. The van der Waals surface area contributed by atoms with Gasteiger partial charge in [0.2, 0.25) is 5.60 Å². The van der Waals surface area contributed by atoms with Crippen molar-refractivity contribution < 1.29 is 28.7 Å². The molecule has 1 aliphatic heterocycles. The minimum atomic E-state index is -1.49. The van der Waals surface area contributed by atoms with E-state index in [1.165, 1.54) is 0 Å². The van der Waals surface area contributed by atoms with Crippen LogP contribution >= 0.6 is 11.6 Å². The second kappa shape index (κ2) is 8.66. The Bertz CT molecular complexity index is 1080. The summed E-state index contributed by atoms with van der Waals surface area (Å²) in [5, 5.41) is 17.0. The lowest BCUT2D eigenvalue weighted by Gasteiger charge is -2.30. The van der Waals surface area contributed by atoms with Crippen molar-refractivity contribution in [2.24, 2.45) is 18.1 Å². The first-order chi connectivity index (χ1) is 14.6. The Kier molecular flexibility index (Phi) is 6.35. The molecule has 0 saturated carbocycles. The normalized spacial score (nSPS) is 19.2. The molecule has 0 saturated heterocycles. The molecule has 2 N–H and O–H groups in total. The maximum absolute atomic E-state index is 13.1. The molecule has 1 aromatic heterocycles. The van der Waals surface area contributed by atoms with Crippen molar-refractivity contribution in [1.29, 1.82) is 0 Å². The molecule has 0 bridgehead atoms. The Morgan fingerprint density at radius 1 is 1.35 bits per heavy atom. The van der Waals surface area contributed by atoms with Gasteiger partial charge in [0.05, 0.1) is 12.1 Å². The van der Waals surface area contributed by atoms with E-state index >= 15 is 0 Å². The lowest BCUT2D eigenvalue weighted by molar-refractivity contribution is -0.152. The van der Waals surface area contributed by atoms with E-state index in [1.54, 1.807) is 19.9 Å². The smallest absolute Gasteiger partial charge is 0.305 e. The van der Waals surface area contributed by atoms with Crippen molar-refractivity contribution in [3.05, 3.63) is 35.0 Å². The molecular weight excluding hydrogens is 429 g/mol. The lowest BCUT2D eigenvalue weighted by atomic mass is 9.84. The van der Waals surface area contributed by atoms with Gasteiger partial charge in [-0.3, -0.25) is 14.4 Å². The summed E-state index contributed by atoms with van der Waals surface area (Å²) < 4.78 is 14.8. The van der Waals surface area contributed by atoms with Gasteiger partial charge in [0.25, 0.3) is 5.91 Å². The third-order valence-electron chi connectivity index (χ3n) is 5.57. The summed E-state index contributed by atoms with van der Waals surface area (Å²) >= 11 is 6.08. The fourth-order valence-corrected chi connectivity index (χ4v) is 3.85. The number of amides is 1. The number of ketones is 1. The zero-order chi connectivity index (χ0) is 22.9. The van der Waals surface area contributed by atoms with Crippen LogP contribution in [0, 0.1) is 5.92 Å². The van der Waals surface area contributed by atoms with Crippen molar-refractivity contribution in [2.75, 3.05) is 6.67 Å². The molecular formula is C21H23ClFN3O5. The maximum Gasteiger partial charge on any atom is 0.305 e. The number of alkyl halides is 1. The van der Waals surface area contributed by atoms with Crippen LogP contribution in [0.2, 0.25) is 5.02 Å². The zero-order valence-corrected chi connectivity index (χ0v) is 18.1. The minimum absolute atomic E-state index is 0.0952. The maximum atomic E-state index is 13.1. The van der Waals surface area contributed by atoms with Gasteiger partial charge in [-0.25, -0.2) is 4.39 Å². The SMILES string of the molecule is CC(C)C1(C(=O)NC(CC(=O)O)C(=O)CF)CC(c2cc3cc(Cl)ccc3n2C)=NO1. The van der Waals surface area contributed by atoms with Crippen molar-refractivity contribution in [2.45, 2.75) is 38.3 Å². The van der Waals surface area contributed by atoms with Crippen molar-refractivity contribution >= 4 is 45.9 Å². The van der Waals surface area contributed by atoms with Gasteiger partial charge >= 0.3 is 5.97 Å². The number of aliphatic carboxylic acids is 1. The number of oxime groups is 1. The van der Waals surface area contributed by atoms with Crippen LogP contribution in [-0.4, -0.2) is 51.4 Å². The van der Waals surface area contributed by atoms with E-state index in [1.807, 2.05) is 29.8 Å². The predicted molar refractivity (Wildman–Crippen MR) is 113 cm³/mol. The van der Waals surface area contributed by atoms with E-state index in [-0.39, 0.29) is 12.3 Å². The van der Waals surface area contributed by atoms with Crippen LogP contribution in [0.1, 0.15) is 32.4 Å². The summed E-state index contributed by atoms with van der Waals surface area (Å²) in [5.41, 5.74) is 0.708. The summed E-state index contributed by atoms with van der Waals surface area (Å²) in [4.78, 5) is 41.5. The number of halogens is 2. The van der Waals surface area contributed by atoms with Gasteiger partial charge in [-0.15, -0.1) is 0 Å². The van der Waals surface area contributed by atoms with Crippen LogP contribution in [0.25, 0.3) is 10.9 Å². The Labute approximate surface area is 183 Å². The molecule has 2 aromatic rings. The largest absolute Gasteiger partial charge is 0.481 e. The van der Waals surface area contributed by atoms with Crippen LogP contribution in [-0.2, 0) is 26.3 Å². The number of rotatable bonds is 8. The highest BCUT2D eigenvalue weighted by molar-refractivity contribution is 6.31. The third-order valence-corrected chi connectivity index (χ3v) is 5.81.